The fraction of sp³-hybridized carbons (Fsp3) is 0.348. The molecule has 1 aromatic heterocycles. The molecule has 1 aliphatic heterocycles. The number of benzene rings is 2. The maximum Gasteiger partial charge on any atom is 0.228 e. The molecule has 1 aliphatic rings. The Labute approximate surface area is 164 Å². The summed E-state index contributed by atoms with van der Waals surface area (Å²) in [5.74, 6) is 0.644. The molecular weight excluding hydrogens is 354 g/mol. The number of aryl methyl sites for hydroxylation is 2. The van der Waals surface area contributed by atoms with Crippen LogP contribution in [0.2, 0.25) is 0 Å². The Kier molecular flexibility index (Phi) is 5.35. The number of nitrogens with one attached hydrogen (secondary N) is 1. The molecule has 28 heavy (non-hydrogen) atoms. The fourth-order valence-corrected chi connectivity index (χ4v) is 3.53. The Morgan fingerprint density at radius 1 is 1.25 bits per heavy atom. The fourth-order valence-electron chi connectivity index (χ4n) is 3.53. The summed E-state index contributed by atoms with van der Waals surface area (Å²) < 4.78 is 17.1. The van der Waals surface area contributed by atoms with E-state index in [-0.39, 0.29) is 18.4 Å². The second-order valence-corrected chi connectivity index (χ2v) is 7.34. The van der Waals surface area contributed by atoms with E-state index < -0.39 is 0 Å². The minimum Gasteiger partial charge on any atom is -0.491 e. The van der Waals surface area contributed by atoms with Gasteiger partial charge in [-0.05, 0) is 49.9 Å². The van der Waals surface area contributed by atoms with Crippen LogP contribution in [0.3, 0.4) is 0 Å². The van der Waals surface area contributed by atoms with E-state index in [0.717, 1.165) is 53.0 Å². The van der Waals surface area contributed by atoms with E-state index in [4.69, 9.17) is 13.9 Å². The Hall–Kier alpha value is -2.79. The van der Waals surface area contributed by atoms with Crippen LogP contribution in [-0.2, 0) is 16.0 Å². The lowest BCUT2D eigenvalue weighted by Gasteiger charge is -2.12. The summed E-state index contributed by atoms with van der Waals surface area (Å²) in [6.07, 6.45) is 4.23. The molecule has 5 heteroatoms. The highest BCUT2D eigenvalue weighted by Gasteiger charge is 2.16. The number of fused-ring (bicyclic) bond motifs is 1. The zero-order valence-corrected chi connectivity index (χ0v) is 16.3. The first-order valence-electron chi connectivity index (χ1n) is 9.71. The SMILES string of the molecule is Cc1ccc2c(CC(=O)Nc3cccc(OC[C@@H]4CCCO4)c3)coc2c1C. The van der Waals surface area contributed by atoms with Crippen LogP contribution >= 0.6 is 0 Å². The van der Waals surface area contributed by atoms with Crippen molar-refractivity contribution in [3.8, 4) is 5.75 Å². The molecule has 2 heterocycles. The third-order valence-corrected chi connectivity index (χ3v) is 5.27. The van der Waals surface area contributed by atoms with Crippen LogP contribution in [-0.4, -0.2) is 25.2 Å². The second kappa shape index (κ2) is 8.07. The zero-order valence-electron chi connectivity index (χ0n) is 16.3. The molecular formula is C23H25NO4. The van der Waals surface area contributed by atoms with Gasteiger partial charge in [0.1, 0.15) is 17.9 Å². The van der Waals surface area contributed by atoms with E-state index in [1.54, 1.807) is 6.26 Å². The van der Waals surface area contributed by atoms with Gasteiger partial charge in [-0.1, -0.05) is 18.2 Å². The number of furan rings is 1. The highest BCUT2D eigenvalue weighted by atomic mass is 16.5. The maximum atomic E-state index is 12.5. The first-order valence-corrected chi connectivity index (χ1v) is 9.71. The van der Waals surface area contributed by atoms with E-state index in [1.165, 1.54) is 5.56 Å². The number of amides is 1. The van der Waals surface area contributed by atoms with Gasteiger partial charge in [0.05, 0.1) is 18.8 Å². The Morgan fingerprint density at radius 3 is 2.96 bits per heavy atom. The van der Waals surface area contributed by atoms with E-state index in [2.05, 4.69) is 18.3 Å². The van der Waals surface area contributed by atoms with Gasteiger partial charge in [0.15, 0.2) is 0 Å². The van der Waals surface area contributed by atoms with Gasteiger partial charge in [0, 0.05) is 29.3 Å². The van der Waals surface area contributed by atoms with Crippen molar-refractivity contribution in [1.29, 1.82) is 0 Å². The third-order valence-electron chi connectivity index (χ3n) is 5.27. The first kappa shape index (κ1) is 18.6. The van der Waals surface area contributed by atoms with Crippen molar-refractivity contribution in [1.82, 2.24) is 0 Å². The molecule has 2 aromatic carbocycles. The van der Waals surface area contributed by atoms with E-state index in [9.17, 15) is 4.79 Å². The summed E-state index contributed by atoms with van der Waals surface area (Å²) >= 11 is 0. The normalized spacial score (nSPS) is 16.4. The number of hydrogen-bond acceptors (Lipinski definition) is 4. The smallest absolute Gasteiger partial charge is 0.228 e. The van der Waals surface area contributed by atoms with Crippen LogP contribution in [0.4, 0.5) is 5.69 Å². The van der Waals surface area contributed by atoms with Crippen molar-refractivity contribution in [2.45, 2.75) is 39.2 Å². The lowest BCUT2D eigenvalue weighted by molar-refractivity contribution is -0.115. The molecule has 0 spiro atoms. The van der Waals surface area contributed by atoms with Crippen LogP contribution in [0.25, 0.3) is 11.0 Å². The maximum absolute atomic E-state index is 12.5. The van der Waals surface area contributed by atoms with Gasteiger partial charge in [-0.2, -0.15) is 0 Å². The first-order chi connectivity index (χ1) is 13.6. The molecule has 0 aliphatic carbocycles. The third kappa shape index (κ3) is 4.04. The summed E-state index contributed by atoms with van der Waals surface area (Å²) in [5, 5.41) is 3.94. The monoisotopic (exact) mass is 379 g/mol. The summed E-state index contributed by atoms with van der Waals surface area (Å²) in [6.45, 7) is 5.44. The minimum absolute atomic E-state index is 0.0859. The Balaban J connectivity index is 1.40. The number of carbonyl (C=O) groups excluding carboxylic acids is 1. The van der Waals surface area contributed by atoms with Crippen LogP contribution in [0, 0.1) is 13.8 Å². The highest BCUT2D eigenvalue weighted by Crippen LogP contribution is 2.27. The summed E-state index contributed by atoms with van der Waals surface area (Å²) in [5.41, 5.74) is 4.75. The van der Waals surface area contributed by atoms with Crippen molar-refractivity contribution in [3.05, 3.63) is 59.4 Å². The van der Waals surface area contributed by atoms with Crippen LogP contribution in [0.5, 0.6) is 5.75 Å². The van der Waals surface area contributed by atoms with Crippen molar-refractivity contribution in [2.24, 2.45) is 0 Å². The van der Waals surface area contributed by atoms with Gasteiger partial charge in [-0.3, -0.25) is 4.79 Å². The molecule has 1 saturated heterocycles. The number of rotatable bonds is 6. The molecule has 4 rings (SSSR count). The predicted octanol–water partition coefficient (Wildman–Crippen LogP) is 4.79. The molecule has 0 radical (unpaired) electrons. The van der Waals surface area contributed by atoms with Crippen molar-refractivity contribution >= 4 is 22.6 Å². The van der Waals surface area contributed by atoms with Gasteiger partial charge in [0.25, 0.3) is 0 Å². The molecule has 1 atom stereocenters. The van der Waals surface area contributed by atoms with Crippen molar-refractivity contribution < 1.29 is 18.7 Å². The topological polar surface area (TPSA) is 60.7 Å². The molecule has 3 aromatic rings. The van der Waals surface area contributed by atoms with Gasteiger partial charge in [-0.15, -0.1) is 0 Å². The Morgan fingerprint density at radius 2 is 2.14 bits per heavy atom. The molecule has 146 valence electrons. The average Bonchev–Trinajstić information content (AvgIpc) is 3.34. The van der Waals surface area contributed by atoms with Crippen LogP contribution < -0.4 is 10.1 Å². The molecule has 0 bridgehead atoms. The molecule has 1 amide bonds. The van der Waals surface area contributed by atoms with Gasteiger partial charge >= 0.3 is 0 Å². The Bertz CT molecular complexity index is 985. The second-order valence-electron chi connectivity index (χ2n) is 7.34. The summed E-state index contributed by atoms with van der Waals surface area (Å²) in [4.78, 5) is 12.5. The van der Waals surface area contributed by atoms with Gasteiger partial charge in [-0.25, -0.2) is 0 Å². The van der Waals surface area contributed by atoms with E-state index in [0.29, 0.717) is 6.61 Å². The predicted molar refractivity (Wildman–Crippen MR) is 109 cm³/mol. The van der Waals surface area contributed by atoms with Crippen molar-refractivity contribution in [2.75, 3.05) is 18.5 Å². The standard InChI is InChI=1S/C23H25NO4/c1-15-8-9-21-17(13-28-23(21)16(15)2)11-22(25)24-18-5-3-6-19(12-18)27-14-20-7-4-10-26-20/h3,5-6,8-9,12-13,20H,4,7,10-11,14H2,1-2H3,(H,24,25)/t20-/m0/s1. The molecule has 0 unspecified atom stereocenters. The lowest BCUT2D eigenvalue weighted by Crippen LogP contribution is -2.17. The number of anilines is 1. The zero-order chi connectivity index (χ0) is 19.5. The summed E-state index contributed by atoms with van der Waals surface area (Å²) in [6, 6.07) is 11.5. The lowest BCUT2D eigenvalue weighted by atomic mass is 10.0. The van der Waals surface area contributed by atoms with E-state index in [1.807, 2.05) is 37.3 Å². The van der Waals surface area contributed by atoms with Gasteiger partial charge in [0.2, 0.25) is 5.91 Å². The van der Waals surface area contributed by atoms with Crippen LogP contribution in [0.1, 0.15) is 29.5 Å². The largest absolute Gasteiger partial charge is 0.491 e. The highest BCUT2D eigenvalue weighted by molar-refractivity contribution is 5.96. The van der Waals surface area contributed by atoms with Gasteiger partial charge < -0.3 is 19.2 Å². The number of ether oxygens (including phenoxy) is 2. The molecule has 5 nitrogen and oxygen atoms in total. The molecule has 1 fully saturated rings. The molecule has 0 saturated carbocycles. The van der Waals surface area contributed by atoms with Crippen LogP contribution in [0.15, 0.2) is 47.1 Å². The van der Waals surface area contributed by atoms with Crippen molar-refractivity contribution in [3.63, 3.8) is 0 Å². The number of hydrogen-bond donors (Lipinski definition) is 1. The minimum atomic E-state index is -0.0859. The van der Waals surface area contributed by atoms with E-state index >= 15 is 0 Å². The number of carbonyl (C=O) groups is 1. The summed E-state index contributed by atoms with van der Waals surface area (Å²) in [7, 11) is 0. The quantitative estimate of drug-likeness (QED) is 0.669. The molecule has 1 N–H and O–H groups in total. The average molecular weight is 379 g/mol.